The Morgan fingerprint density at radius 2 is 1.29 bits per heavy atom. The van der Waals surface area contributed by atoms with Crippen molar-refractivity contribution in [1.29, 1.82) is 0 Å². The highest BCUT2D eigenvalue weighted by Gasteiger charge is 2.62. The lowest BCUT2D eigenvalue weighted by atomic mass is 9.79. The van der Waals surface area contributed by atoms with E-state index < -0.39 is 14.9 Å². The molecule has 2 heterocycles. The maximum Gasteiger partial charge on any atom is 0.365 e. The number of thioether (sulfide) groups is 2. The second kappa shape index (κ2) is 9.68. The van der Waals surface area contributed by atoms with Crippen molar-refractivity contribution in [2.45, 2.75) is 29.7 Å². The molecule has 0 amide bonds. The van der Waals surface area contributed by atoms with Crippen LogP contribution in [0.25, 0.3) is 0 Å². The summed E-state index contributed by atoms with van der Waals surface area (Å²) in [4.78, 5) is 13.1. The standard InChI is InChI=1S/C32H28N2O2S2/c1-4-36-30(35)29-33-34(24-16-6-5-7-17-24)32(37-29)28-21-13-12-20-27(28)31(38-32,25-18-10-8-14-22(25)2)26-19-11-9-15-23(26)3/h5-21H,4H2,1-3H3/t32-/m0/s1. The number of benzene rings is 4. The van der Waals surface area contributed by atoms with Gasteiger partial charge in [0.25, 0.3) is 0 Å². The number of anilines is 1. The zero-order valence-corrected chi connectivity index (χ0v) is 23.2. The Hall–Kier alpha value is -3.48. The summed E-state index contributed by atoms with van der Waals surface area (Å²) in [7, 11) is 0. The number of esters is 1. The van der Waals surface area contributed by atoms with Gasteiger partial charge < -0.3 is 4.74 Å². The van der Waals surface area contributed by atoms with Crippen LogP contribution in [0.2, 0.25) is 0 Å². The number of ether oxygens (including phenoxy) is 1. The van der Waals surface area contributed by atoms with Crippen molar-refractivity contribution in [2.75, 3.05) is 11.6 Å². The third kappa shape index (κ3) is 3.69. The minimum atomic E-state index is -0.718. The summed E-state index contributed by atoms with van der Waals surface area (Å²) in [5, 5.41) is 7.31. The van der Waals surface area contributed by atoms with Crippen LogP contribution in [0, 0.1) is 13.8 Å². The molecule has 4 nitrogen and oxygen atoms in total. The van der Waals surface area contributed by atoms with Gasteiger partial charge in [0.2, 0.25) is 5.04 Å². The number of rotatable bonds is 5. The Bertz CT molecular complexity index is 1510. The van der Waals surface area contributed by atoms with Crippen LogP contribution in [0.4, 0.5) is 5.69 Å². The van der Waals surface area contributed by atoms with E-state index >= 15 is 0 Å². The van der Waals surface area contributed by atoms with Crippen LogP contribution in [0.3, 0.4) is 0 Å². The number of hydrogen-bond donors (Lipinski definition) is 0. The first-order valence-electron chi connectivity index (χ1n) is 12.7. The summed E-state index contributed by atoms with van der Waals surface area (Å²) >= 11 is 3.32. The van der Waals surface area contributed by atoms with Crippen molar-refractivity contribution < 1.29 is 9.53 Å². The zero-order valence-electron chi connectivity index (χ0n) is 21.5. The van der Waals surface area contributed by atoms with Crippen LogP contribution in [-0.4, -0.2) is 17.6 Å². The van der Waals surface area contributed by atoms with Crippen molar-refractivity contribution in [3.8, 4) is 0 Å². The van der Waals surface area contributed by atoms with Crippen LogP contribution in [0.5, 0.6) is 0 Å². The highest BCUT2D eigenvalue weighted by atomic mass is 32.2. The summed E-state index contributed by atoms with van der Waals surface area (Å²) < 4.78 is 4.20. The van der Waals surface area contributed by atoms with Crippen LogP contribution in [0.1, 0.15) is 40.3 Å². The molecule has 1 spiro atoms. The Labute approximate surface area is 232 Å². The average Bonchev–Trinajstić information content (AvgIpc) is 3.47. The molecule has 4 aromatic carbocycles. The average molecular weight is 537 g/mol. The lowest BCUT2D eigenvalue weighted by Gasteiger charge is -2.38. The van der Waals surface area contributed by atoms with Gasteiger partial charge in [-0.25, -0.2) is 9.80 Å². The van der Waals surface area contributed by atoms with E-state index in [1.54, 1.807) is 0 Å². The maximum absolute atomic E-state index is 13.1. The fraction of sp³-hybridized carbons (Fsp3) is 0.188. The van der Waals surface area contributed by atoms with Gasteiger partial charge >= 0.3 is 5.97 Å². The second-order valence-electron chi connectivity index (χ2n) is 9.42. The van der Waals surface area contributed by atoms with Gasteiger partial charge in [-0.1, -0.05) is 115 Å². The Kier molecular flexibility index (Phi) is 6.33. The molecule has 0 saturated carbocycles. The van der Waals surface area contributed by atoms with Crippen LogP contribution < -0.4 is 5.01 Å². The molecule has 0 aromatic heterocycles. The first-order chi connectivity index (χ1) is 18.5. The molecule has 1 atom stereocenters. The quantitative estimate of drug-likeness (QED) is 0.246. The Balaban J connectivity index is 1.66. The molecule has 6 rings (SSSR count). The van der Waals surface area contributed by atoms with Gasteiger partial charge in [0.05, 0.1) is 17.0 Å². The summed E-state index contributed by atoms with van der Waals surface area (Å²) in [5.41, 5.74) is 8.18. The van der Waals surface area contributed by atoms with Crippen LogP contribution in [0.15, 0.2) is 108 Å². The van der Waals surface area contributed by atoms with E-state index in [9.17, 15) is 4.79 Å². The first kappa shape index (κ1) is 24.8. The Morgan fingerprint density at radius 1 is 0.763 bits per heavy atom. The molecule has 0 fully saturated rings. The number of para-hydroxylation sites is 1. The lowest BCUT2D eigenvalue weighted by molar-refractivity contribution is -0.134. The monoisotopic (exact) mass is 536 g/mol. The molecule has 190 valence electrons. The van der Waals surface area contributed by atoms with E-state index in [1.807, 2.05) is 54.0 Å². The fourth-order valence-electron chi connectivity index (χ4n) is 5.52. The minimum Gasteiger partial charge on any atom is -0.461 e. The predicted octanol–water partition coefficient (Wildman–Crippen LogP) is 7.58. The molecule has 0 radical (unpaired) electrons. The van der Waals surface area contributed by atoms with E-state index in [4.69, 9.17) is 9.84 Å². The third-order valence-corrected chi connectivity index (χ3v) is 10.4. The van der Waals surface area contributed by atoms with Gasteiger partial charge in [0.15, 0.2) is 4.20 Å². The molecule has 0 saturated heterocycles. The normalized spacial score (nSPS) is 19.3. The molecular weight excluding hydrogens is 508 g/mol. The highest BCUT2D eigenvalue weighted by molar-refractivity contribution is 8.27. The van der Waals surface area contributed by atoms with Crippen LogP contribution in [-0.2, 0) is 18.5 Å². The Morgan fingerprint density at radius 3 is 1.87 bits per heavy atom. The minimum absolute atomic E-state index is 0.302. The van der Waals surface area contributed by atoms with Gasteiger partial charge in [-0.05, 0) is 60.7 Å². The number of hydrogen-bond acceptors (Lipinski definition) is 6. The molecule has 0 aliphatic carbocycles. The molecule has 0 unspecified atom stereocenters. The molecule has 2 aliphatic rings. The van der Waals surface area contributed by atoms with Crippen molar-refractivity contribution in [3.05, 3.63) is 137 Å². The van der Waals surface area contributed by atoms with E-state index in [0.29, 0.717) is 11.7 Å². The van der Waals surface area contributed by atoms with E-state index in [0.717, 1.165) is 11.3 Å². The predicted molar refractivity (Wildman–Crippen MR) is 159 cm³/mol. The number of nitrogens with zero attached hydrogens (tertiary/aromatic N) is 2. The van der Waals surface area contributed by atoms with Gasteiger partial charge in [-0.15, -0.1) is 0 Å². The smallest absolute Gasteiger partial charge is 0.365 e. The molecule has 38 heavy (non-hydrogen) atoms. The molecule has 4 aromatic rings. The lowest BCUT2D eigenvalue weighted by Crippen LogP contribution is -2.34. The van der Waals surface area contributed by atoms with Crippen molar-refractivity contribution in [1.82, 2.24) is 0 Å². The van der Waals surface area contributed by atoms with Gasteiger partial charge in [-0.2, -0.15) is 5.10 Å². The summed E-state index contributed by atoms with van der Waals surface area (Å²) in [6.45, 7) is 6.49. The number of fused-ring (bicyclic) bond motifs is 2. The SMILES string of the molecule is CCOC(=O)C1=NN(c2ccccc2)[C@@]2(S1)SC(c1ccccc1C)(c1ccccc1C)c1ccccc12. The summed E-state index contributed by atoms with van der Waals surface area (Å²) in [5.74, 6) is -0.391. The van der Waals surface area contributed by atoms with Gasteiger partial charge in [-0.3, -0.25) is 0 Å². The number of carbonyl (C=O) groups excluding carboxylic acids is 1. The largest absolute Gasteiger partial charge is 0.461 e. The highest BCUT2D eigenvalue weighted by Crippen LogP contribution is 2.71. The fourth-order valence-corrected chi connectivity index (χ4v) is 9.25. The van der Waals surface area contributed by atoms with Crippen molar-refractivity contribution >= 4 is 40.2 Å². The molecule has 0 bridgehead atoms. The van der Waals surface area contributed by atoms with Crippen molar-refractivity contribution in [3.63, 3.8) is 0 Å². The van der Waals surface area contributed by atoms with E-state index in [2.05, 4.69) is 86.6 Å². The molecule has 2 aliphatic heterocycles. The second-order valence-corrected chi connectivity index (χ2v) is 12.3. The van der Waals surface area contributed by atoms with Crippen molar-refractivity contribution in [2.24, 2.45) is 5.10 Å². The number of carbonyl (C=O) groups is 1. The summed E-state index contributed by atoms with van der Waals surface area (Å²) in [6.07, 6.45) is 0. The summed E-state index contributed by atoms with van der Waals surface area (Å²) in [6, 6.07) is 36.0. The number of aryl methyl sites for hydroxylation is 2. The topological polar surface area (TPSA) is 41.9 Å². The van der Waals surface area contributed by atoms with E-state index in [1.165, 1.54) is 39.6 Å². The maximum atomic E-state index is 13.1. The molecule has 0 N–H and O–H groups in total. The van der Waals surface area contributed by atoms with E-state index in [-0.39, 0.29) is 0 Å². The molecule has 6 heteroatoms. The third-order valence-electron chi connectivity index (χ3n) is 7.14. The zero-order chi connectivity index (χ0) is 26.3. The number of hydrazone groups is 1. The van der Waals surface area contributed by atoms with Gasteiger partial charge in [0, 0.05) is 5.56 Å². The van der Waals surface area contributed by atoms with Gasteiger partial charge in [0.1, 0.15) is 0 Å². The van der Waals surface area contributed by atoms with Crippen LogP contribution >= 0.6 is 23.5 Å². The first-order valence-corrected chi connectivity index (χ1v) is 14.4. The molecular formula is C32H28N2O2S2.